The molecule has 0 fully saturated rings. The Kier molecular flexibility index (Phi) is 4.92. The van der Waals surface area contributed by atoms with Crippen molar-refractivity contribution in [2.75, 3.05) is 0 Å². The highest BCUT2D eigenvalue weighted by Crippen LogP contribution is 2.17. The summed E-state index contributed by atoms with van der Waals surface area (Å²) < 4.78 is 23.2. The van der Waals surface area contributed by atoms with Gasteiger partial charge >= 0.3 is 0 Å². The second-order valence-electron chi connectivity index (χ2n) is 3.79. The molecule has 1 atom stereocenters. The zero-order valence-electron chi connectivity index (χ0n) is 9.56. The van der Waals surface area contributed by atoms with E-state index in [-0.39, 0.29) is 6.04 Å². The molecular weight excluding hydrogens is 224 g/mol. The van der Waals surface area contributed by atoms with E-state index in [1.54, 1.807) is 0 Å². The van der Waals surface area contributed by atoms with E-state index in [1.807, 2.05) is 32.0 Å². The molecule has 0 saturated heterocycles. The third-order valence-corrected chi connectivity index (χ3v) is 3.05. The van der Waals surface area contributed by atoms with E-state index in [0.717, 1.165) is 23.1 Å². The van der Waals surface area contributed by atoms with Gasteiger partial charge in [0.1, 0.15) is 0 Å². The first-order valence-corrected chi connectivity index (χ1v) is 6.45. The molecule has 0 bridgehead atoms. The molecule has 90 valence electrons. The van der Waals surface area contributed by atoms with Crippen molar-refractivity contribution >= 4 is 10.9 Å². The van der Waals surface area contributed by atoms with E-state index in [1.165, 1.54) is 0 Å². The summed E-state index contributed by atoms with van der Waals surface area (Å²) in [6.07, 6.45) is 0.892. The number of aryl methyl sites for hydroxylation is 1. The van der Waals surface area contributed by atoms with Crippen molar-refractivity contribution in [3.63, 3.8) is 0 Å². The third kappa shape index (κ3) is 3.59. The molecule has 0 saturated carbocycles. The summed E-state index contributed by atoms with van der Waals surface area (Å²) in [7, 11) is -2.53. The van der Waals surface area contributed by atoms with Gasteiger partial charge in [-0.3, -0.25) is 0 Å². The Bertz CT molecular complexity index is 422. The Balaban J connectivity index is 2.82. The minimum absolute atomic E-state index is 0.0526. The Morgan fingerprint density at radius 1 is 1.44 bits per heavy atom. The van der Waals surface area contributed by atoms with Crippen LogP contribution < -0.4 is 10.5 Å². The Morgan fingerprint density at radius 3 is 2.62 bits per heavy atom. The van der Waals surface area contributed by atoms with Crippen molar-refractivity contribution in [1.29, 1.82) is 0 Å². The predicted octanol–water partition coefficient (Wildman–Crippen LogP) is 1.02. The van der Waals surface area contributed by atoms with Crippen LogP contribution in [0.3, 0.4) is 0 Å². The van der Waals surface area contributed by atoms with Crippen LogP contribution in [0, 0.1) is 6.92 Å². The van der Waals surface area contributed by atoms with Gasteiger partial charge in [-0.05, 0) is 30.0 Å². The largest absolute Gasteiger partial charge is 0.324 e. The quantitative estimate of drug-likeness (QED) is 0.675. The molecule has 4 nitrogen and oxygen atoms in total. The average Bonchev–Trinajstić information content (AvgIpc) is 2.26. The van der Waals surface area contributed by atoms with E-state index in [4.69, 9.17) is 5.73 Å². The molecule has 0 aliphatic carbocycles. The van der Waals surface area contributed by atoms with Gasteiger partial charge in [-0.2, -0.15) is 0 Å². The lowest BCUT2D eigenvalue weighted by Crippen LogP contribution is -2.13. The van der Waals surface area contributed by atoms with Gasteiger partial charge < -0.3 is 5.73 Å². The molecule has 0 aliphatic rings. The minimum atomic E-state index is -2.53. The number of hydrogen-bond donors (Lipinski definition) is 3. The summed E-state index contributed by atoms with van der Waals surface area (Å²) in [6.45, 7) is 4.34. The molecule has 16 heavy (non-hydrogen) atoms. The highest BCUT2D eigenvalue weighted by molar-refractivity contribution is 7.70. The molecule has 3 N–H and O–H groups in total. The van der Waals surface area contributed by atoms with Crippen molar-refractivity contribution in [2.24, 2.45) is 5.73 Å². The molecule has 0 aliphatic heterocycles. The van der Waals surface area contributed by atoms with Crippen molar-refractivity contribution in [2.45, 2.75) is 32.9 Å². The number of thiol groups is 1. The Hall–Kier alpha value is -0.910. The van der Waals surface area contributed by atoms with Crippen LogP contribution in [0.25, 0.3) is 0 Å². The lowest BCUT2D eigenvalue weighted by Gasteiger charge is -2.12. The fourth-order valence-corrected chi connectivity index (χ4v) is 1.83. The first-order chi connectivity index (χ1) is 7.54. The second-order valence-corrected chi connectivity index (χ2v) is 4.62. The van der Waals surface area contributed by atoms with Crippen LogP contribution >= 0.6 is 0 Å². The van der Waals surface area contributed by atoms with Crippen LogP contribution in [0.1, 0.15) is 36.1 Å². The first-order valence-electron chi connectivity index (χ1n) is 5.27. The molecule has 1 aromatic rings. The van der Waals surface area contributed by atoms with Crippen LogP contribution in [-0.4, -0.2) is 8.42 Å². The van der Waals surface area contributed by atoms with Gasteiger partial charge in [-0.1, -0.05) is 25.1 Å². The van der Waals surface area contributed by atoms with Crippen molar-refractivity contribution in [1.82, 2.24) is 4.72 Å². The molecule has 1 rings (SSSR count). The molecule has 5 heteroatoms. The predicted molar refractivity (Wildman–Crippen MR) is 65.6 cm³/mol. The number of hydrogen-bond acceptors (Lipinski definition) is 3. The van der Waals surface area contributed by atoms with E-state index in [2.05, 4.69) is 4.72 Å². The molecule has 0 radical (unpaired) electrons. The smallest absolute Gasteiger partial charge is 0.201 e. The number of rotatable bonds is 5. The summed E-state index contributed by atoms with van der Waals surface area (Å²) >= 11 is 0. The lowest BCUT2D eigenvalue weighted by atomic mass is 9.99. The molecule has 0 spiro atoms. The SMILES string of the molecule is CC[C@@H](N)c1ccc(CN[SH](=O)=O)c(C)c1. The van der Waals surface area contributed by atoms with Gasteiger partial charge in [-0.15, -0.1) is 0 Å². The number of nitrogens with one attached hydrogen (secondary N) is 1. The summed E-state index contributed by atoms with van der Waals surface area (Å²) in [5.41, 5.74) is 9.05. The summed E-state index contributed by atoms with van der Waals surface area (Å²) in [4.78, 5) is 0. The van der Waals surface area contributed by atoms with E-state index in [0.29, 0.717) is 6.54 Å². The fourth-order valence-electron chi connectivity index (χ4n) is 1.53. The summed E-state index contributed by atoms with van der Waals surface area (Å²) in [5.74, 6) is 0. The van der Waals surface area contributed by atoms with Gasteiger partial charge in [0.05, 0.1) is 0 Å². The van der Waals surface area contributed by atoms with Gasteiger partial charge in [0, 0.05) is 12.6 Å². The highest BCUT2D eigenvalue weighted by atomic mass is 32.2. The maximum Gasteiger partial charge on any atom is 0.201 e. The zero-order valence-corrected chi connectivity index (χ0v) is 10.5. The van der Waals surface area contributed by atoms with Gasteiger partial charge in [0.2, 0.25) is 10.9 Å². The summed E-state index contributed by atoms with van der Waals surface area (Å²) in [6, 6.07) is 5.95. The first kappa shape index (κ1) is 13.2. The van der Waals surface area contributed by atoms with Crippen LogP contribution in [0.2, 0.25) is 0 Å². The maximum absolute atomic E-state index is 10.4. The lowest BCUT2D eigenvalue weighted by molar-refractivity contribution is 0.601. The molecule has 0 amide bonds. The van der Waals surface area contributed by atoms with Crippen molar-refractivity contribution in [3.8, 4) is 0 Å². The van der Waals surface area contributed by atoms with E-state index < -0.39 is 10.9 Å². The van der Waals surface area contributed by atoms with Crippen LogP contribution in [-0.2, 0) is 17.4 Å². The molecule has 1 aromatic carbocycles. The molecular formula is C11H18N2O2S. The average molecular weight is 242 g/mol. The number of benzene rings is 1. The van der Waals surface area contributed by atoms with Gasteiger partial charge in [-0.25, -0.2) is 13.1 Å². The minimum Gasteiger partial charge on any atom is -0.324 e. The zero-order chi connectivity index (χ0) is 12.1. The molecule has 0 aromatic heterocycles. The van der Waals surface area contributed by atoms with E-state index >= 15 is 0 Å². The van der Waals surface area contributed by atoms with Gasteiger partial charge in [0.25, 0.3) is 0 Å². The van der Waals surface area contributed by atoms with Crippen molar-refractivity contribution in [3.05, 3.63) is 34.9 Å². The Morgan fingerprint density at radius 2 is 2.12 bits per heavy atom. The highest BCUT2D eigenvalue weighted by Gasteiger charge is 2.05. The molecule has 0 heterocycles. The van der Waals surface area contributed by atoms with E-state index in [9.17, 15) is 8.42 Å². The standard InChI is InChI=1S/C11H18N2O2S/c1-3-11(12)9-4-5-10(8(2)6-9)7-13-16(14)15/h4-6,11,16H,3,7,12H2,1-2H3,(H,13,14,15)/t11-/m1/s1. The Labute approximate surface area is 97.9 Å². The summed E-state index contributed by atoms with van der Waals surface area (Å²) in [5, 5.41) is 0. The maximum atomic E-state index is 10.4. The van der Waals surface area contributed by atoms with Crippen LogP contribution in [0.4, 0.5) is 0 Å². The third-order valence-electron chi connectivity index (χ3n) is 2.63. The molecule has 0 unspecified atom stereocenters. The van der Waals surface area contributed by atoms with Crippen LogP contribution in [0.15, 0.2) is 18.2 Å². The van der Waals surface area contributed by atoms with Crippen molar-refractivity contribution < 1.29 is 8.42 Å². The normalized spacial score (nSPS) is 13.0. The number of nitrogens with two attached hydrogens (primary N) is 1. The fraction of sp³-hybridized carbons (Fsp3) is 0.455. The monoisotopic (exact) mass is 242 g/mol. The topological polar surface area (TPSA) is 72.2 Å². The van der Waals surface area contributed by atoms with Crippen LogP contribution in [0.5, 0.6) is 0 Å². The van der Waals surface area contributed by atoms with Gasteiger partial charge in [0.15, 0.2) is 0 Å². The second kappa shape index (κ2) is 5.98.